The molecule has 1 aliphatic rings. The average Bonchev–Trinajstić information content (AvgIpc) is 2.09. The van der Waals surface area contributed by atoms with Gasteiger partial charge in [0.15, 0.2) is 0 Å². The maximum Gasteiger partial charge on any atom is 0.337 e. The van der Waals surface area contributed by atoms with Crippen molar-refractivity contribution >= 4 is 5.97 Å². The molecule has 4 heteroatoms. The van der Waals surface area contributed by atoms with Gasteiger partial charge < -0.3 is 15.3 Å². The Morgan fingerprint density at radius 1 is 1.25 bits per heavy atom. The van der Waals surface area contributed by atoms with Gasteiger partial charge in [-0.3, -0.25) is 0 Å². The second kappa shape index (κ2) is 2.92. The SMILES string of the molecule is O=C(O)C1=CC=CC=CC1(O)O. The second-order valence-electron chi connectivity index (χ2n) is 2.36. The molecule has 64 valence electrons. The molecule has 4 nitrogen and oxygen atoms in total. The number of carboxylic acid groups (broad SMARTS) is 1. The molecule has 0 amide bonds. The van der Waals surface area contributed by atoms with E-state index in [0.29, 0.717) is 0 Å². The van der Waals surface area contributed by atoms with Gasteiger partial charge in [0.1, 0.15) is 0 Å². The first-order chi connectivity index (χ1) is 5.54. The summed E-state index contributed by atoms with van der Waals surface area (Å²) < 4.78 is 0. The zero-order chi connectivity index (χ0) is 9.19. The van der Waals surface area contributed by atoms with Crippen molar-refractivity contribution in [2.24, 2.45) is 0 Å². The van der Waals surface area contributed by atoms with Crippen LogP contribution in [0.2, 0.25) is 0 Å². The third-order valence-corrected chi connectivity index (χ3v) is 1.44. The van der Waals surface area contributed by atoms with E-state index in [-0.39, 0.29) is 0 Å². The summed E-state index contributed by atoms with van der Waals surface area (Å²) in [5.74, 6) is -3.73. The first-order valence-corrected chi connectivity index (χ1v) is 3.29. The highest BCUT2D eigenvalue weighted by molar-refractivity contribution is 5.89. The Morgan fingerprint density at radius 3 is 2.50 bits per heavy atom. The van der Waals surface area contributed by atoms with Gasteiger partial charge in [-0.1, -0.05) is 18.2 Å². The van der Waals surface area contributed by atoms with Crippen LogP contribution in [0.3, 0.4) is 0 Å². The van der Waals surface area contributed by atoms with E-state index in [9.17, 15) is 4.79 Å². The molecule has 0 saturated carbocycles. The van der Waals surface area contributed by atoms with Crippen LogP contribution < -0.4 is 0 Å². The normalized spacial score (nSPS) is 20.0. The molecule has 0 saturated heterocycles. The molecule has 0 radical (unpaired) electrons. The lowest BCUT2D eigenvalue weighted by Crippen LogP contribution is -2.31. The van der Waals surface area contributed by atoms with E-state index in [1.54, 1.807) is 0 Å². The first-order valence-electron chi connectivity index (χ1n) is 3.29. The van der Waals surface area contributed by atoms with E-state index >= 15 is 0 Å². The van der Waals surface area contributed by atoms with E-state index in [2.05, 4.69) is 0 Å². The zero-order valence-electron chi connectivity index (χ0n) is 6.14. The summed E-state index contributed by atoms with van der Waals surface area (Å²) in [5, 5.41) is 26.9. The van der Waals surface area contributed by atoms with Crippen molar-refractivity contribution in [3.63, 3.8) is 0 Å². The van der Waals surface area contributed by atoms with Crippen molar-refractivity contribution in [1.82, 2.24) is 0 Å². The van der Waals surface area contributed by atoms with E-state index < -0.39 is 17.3 Å². The van der Waals surface area contributed by atoms with Crippen molar-refractivity contribution in [1.29, 1.82) is 0 Å². The molecule has 0 aromatic heterocycles. The number of aliphatic hydroxyl groups is 2. The molecule has 0 fully saturated rings. The molecule has 3 N–H and O–H groups in total. The number of hydrogen-bond donors (Lipinski definition) is 3. The van der Waals surface area contributed by atoms with Crippen molar-refractivity contribution < 1.29 is 20.1 Å². The van der Waals surface area contributed by atoms with Crippen LogP contribution >= 0.6 is 0 Å². The molecule has 1 rings (SSSR count). The molecule has 0 aromatic rings. The Labute approximate surface area is 68.8 Å². The lowest BCUT2D eigenvalue weighted by atomic mass is 10.1. The molecule has 0 aliphatic heterocycles. The highest BCUT2D eigenvalue weighted by Gasteiger charge is 2.30. The van der Waals surface area contributed by atoms with Crippen molar-refractivity contribution in [2.45, 2.75) is 5.79 Å². The molecule has 12 heavy (non-hydrogen) atoms. The van der Waals surface area contributed by atoms with Crippen LogP contribution in [0.4, 0.5) is 0 Å². The quantitative estimate of drug-likeness (QED) is 0.474. The lowest BCUT2D eigenvalue weighted by molar-refractivity contribution is -0.142. The summed E-state index contributed by atoms with van der Waals surface area (Å²) in [6, 6.07) is 0. The smallest absolute Gasteiger partial charge is 0.337 e. The van der Waals surface area contributed by atoms with Gasteiger partial charge >= 0.3 is 5.97 Å². The summed E-state index contributed by atoms with van der Waals surface area (Å²) in [6.07, 6.45) is 6.44. The highest BCUT2D eigenvalue weighted by Crippen LogP contribution is 2.17. The van der Waals surface area contributed by atoms with E-state index in [4.69, 9.17) is 15.3 Å². The van der Waals surface area contributed by atoms with Gasteiger partial charge in [-0.2, -0.15) is 0 Å². The number of carbonyl (C=O) groups is 1. The van der Waals surface area contributed by atoms with Crippen LogP contribution in [0.5, 0.6) is 0 Å². The fourth-order valence-corrected chi connectivity index (χ4v) is 0.847. The number of carboxylic acids is 1. The minimum absolute atomic E-state index is 0.465. The van der Waals surface area contributed by atoms with Crippen LogP contribution in [0.15, 0.2) is 36.0 Å². The third kappa shape index (κ3) is 1.61. The van der Waals surface area contributed by atoms with Crippen molar-refractivity contribution in [3.05, 3.63) is 36.0 Å². The van der Waals surface area contributed by atoms with Crippen LogP contribution in [-0.2, 0) is 4.79 Å². The second-order valence-corrected chi connectivity index (χ2v) is 2.36. The monoisotopic (exact) mass is 168 g/mol. The van der Waals surface area contributed by atoms with Gasteiger partial charge in [0, 0.05) is 0 Å². The van der Waals surface area contributed by atoms with E-state index in [1.807, 2.05) is 0 Å². The molecule has 0 bridgehead atoms. The first kappa shape index (κ1) is 8.70. The fourth-order valence-electron chi connectivity index (χ4n) is 0.847. The molecule has 0 heterocycles. The molecule has 0 spiro atoms. The Morgan fingerprint density at radius 2 is 1.92 bits per heavy atom. The fraction of sp³-hybridized carbons (Fsp3) is 0.125. The maximum absolute atomic E-state index is 10.5. The Balaban J connectivity index is 3.10. The predicted octanol–water partition coefficient (Wildman–Crippen LogP) is -0.196. The topological polar surface area (TPSA) is 77.8 Å². The van der Waals surface area contributed by atoms with Crippen molar-refractivity contribution in [2.75, 3.05) is 0 Å². The standard InChI is InChI=1S/C8H8O4/c9-7(10)6-4-2-1-3-5-8(6,11)12/h1-5,11-12H,(H,9,10). The van der Waals surface area contributed by atoms with Crippen LogP contribution in [0.25, 0.3) is 0 Å². The van der Waals surface area contributed by atoms with Gasteiger partial charge in [0.25, 0.3) is 0 Å². The van der Waals surface area contributed by atoms with Gasteiger partial charge in [-0.15, -0.1) is 0 Å². The highest BCUT2D eigenvalue weighted by atomic mass is 16.5. The summed E-state index contributed by atoms with van der Waals surface area (Å²) in [4.78, 5) is 10.5. The molecule has 0 atom stereocenters. The zero-order valence-corrected chi connectivity index (χ0v) is 6.14. The number of aliphatic carboxylic acids is 1. The molecule has 0 aromatic carbocycles. The minimum atomic E-state index is -2.38. The Kier molecular flexibility index (Phi) is 2.12. The third-order valence-electron chi connectivity index (χ3n) is 1.44. The summed E-state index contributed by atoms with van der Waals surface area (Å²) in [7, 11) is 0. The summed E-state index contributed by atoms with van der Waals surface area (Å²) >= 11 is 0. The molecule has 0 unspecified atom stereocenters. The van der Waals surface area contributed by atoms with Crippen LogP contribution in [-0.4, -0.2) is 27.1 Å². The number of hydrogen-bond acceptors (Lipinski definition) is 3. The Bertz CT molecular complexity index is 283. The van der Waals surface area contributed by atoms with Gasteiger partial charge in [0.2, 0.25) is 5.79 Å². The molecular formula is C8H8O4. The van der Waals surface area contributed by atoms with Crippen LogP contribution in [0, 0.1) is 0 Å². The van der Waals surface area contributed by atoms with E-state index in [1.165, 1.54) is 18.2 Å². The van der Waals surface area contributed by atoms with Gasteiger partial charge in [0.05, 0.1) is 5.57 Å². The molecular weight excluding hydrogens is 160 g/mol. The van der Waals surface area contributed by atoms with Gasteiger partial charge in [-0.05, 0) is 12.2 Å². The van der Waals surface area contributed by atoms with Crippen molar-refractivity contribution in [3.8, 4) is 0 Å². The molecule has 1 aliphatic carbocycles. The van der Waals surface area contributed by atoms with Crippen LogP contribution in [0.1, 0.15) is 0 Å². The Hall–Kier alpha value is -1.39. The largest absolute Gasteiger partial charge is 0.478 e. The average molecular weight is 168 g/mol. The predicted molar refractivity (Wildman–Crippen MR) is 41.2 cm³/mol. The maximum atomic E-state index is 10.5. The lowest BCUT2D eigenvalue weighted by Gasteiger charge is -2.16. The van der Waals surface area contributed by atoms with E-state index in [0.717, 1.165) is 12.2 Å². The number of rotatable bonds is 1. The number of allylic oxidation sites excluding steroid dienone is 4. The van der Waals surface area contributed by atoms with Gasteiger partial charge in [-0.25, -0.2) is 4.79 Å². The minimum Gasteiger partial charge on any atom is -0.478 e. The summed E-state index contributed by atoms with van der Waals surface area (Å²) in [5.41, 5.74) is -0.465. The summed E-state index contributed by atoms with van der Waals surface area (Å²) in [6.45, 7) is 0.